The Morgan fingerprint density at radius 1 is 1.03 bits per heavy atom. The van der Waals surface area contributed by atoms with Crippen molar-refractivity contribution >= 4 is 11.9 Å². The van der Waals surface area contributed by atoms with E-state index in [1.54, 1.807) is 0 Å². The van der Waals surface area contributed by atoms with Gasteiger partial charge in [-0.1, -0.05) is 31.2 Å². The van der Waals surface area contributed by atoms with E-state index in [1.165, 1.54) is 11.1 Å². The summed E-state index contributed by atoms with van der Waals surface area (Å²) in [6.07, 6.45) is 3.83. The van der Waals surface area contributed by atoms with Gasteiger partial charge in [0.25, 0.3) is 0 Å². The van der Waals surface area contributed by atoms with E-state index in [4.69, 9.17) is 9.73 Å². The van der Waals surface area contributed by atoms with Crippen LogP contribution in [0.4, 0.5) is 0 Å². The number of aliphatic imine (C=N–C) groups is 1. The van der Waals surface area contributed by atoms with E-state index in [9.17, 15) is 4.79 Å². The van der Waals surface area contributed by atoms with Crippen LogP contribution in [0.15, 0.2) is 29.3 Å². The first kappa shape index (κ1) is 21.6. The predicted molar refractivity (Wildman–Crippen MR) is 117 cm³/mol. The van der Waals surface area contributed by atoms with Crippen LogP contribution in [0.25, 0.3) is 0 Å². The van der Waals surface area contributed by atoms with Crippen molar-refractivity contribution in [1.82, 2.24) is 15.1 Å². The number of likely N-dealkylation sites (tertiary alicyclic amines) is 1. The second-order valence-corrected chi connectivity index (χ2v) is 7.85. The Balaban J connectivity index is 1.50. The molecular formula is C23H36N4O2. The van der Waals surface area contributed by atoms with Crippen LogP contribution >= 0.6 is 0 Å². The van der Waals surface area contributed by atoms with Gasteiger partial charge in [-0.2, -0.15) is 0 Å². The quantitative estimate of drug-likeness (QED) is 0.588. The molecule has 0 atom stereocenters. The van der Waals surface area contributed by atoms with Gasteiger partial charge < -0.3 is 19.9 Å². The Bertz CT molecular complexity index is 660. The topological polar surface area (TPSA) is 57.2 Å². The number of carbonyl (C=O) groups is 1. The average Bonchev–Trinajstić information content (AvgIpc) is 2.79. The van der Waals surface area contributed by atoms with Gasteiger partial charge in [0.2, 0.25) is 5.91 Å². The maximum Gasteiger partial charge on any atom is 0.225 e. The van der Waals surface area contributed by atoms with Crippen molar-refractivity contribution in [2.24, 2.45) is 10.9 Å². The standard InChI is InChI=1S/C23H36N4O2/c1-3-19-5-7-20(8-6-19)9-12-25-23(24-4-2)27-13-10-21(11-14-27)22(28)26-15-17-29-18-16-26/h5-8,21H,3-4,9-18H2,1-2H3,(H,24,25). The number of hydrogen-bond acceptors (Lipinski definition) is 3. The molecule has 0 unspecified atom stereocenters. The first-order valence-electron chi connectivity index (χ1n) is 11.2. The summed E-state index contributed by atoms with van der Waals surface area (Å²) in [5.41, 5.74) is 2.71. The Morgan fingerprint density at radius 2 is 1.69 bits per heavy atom. The number of amides is 1. The van der Waals surface area contributed by atoms with Crippen molar-refractivity contribution in [2.45, 2.75) is 39.5 Å². The van der Waals surface area contributed by atoms with Crippen molar-refractivity contribution in [1.29, 1.82) is 0 Å². The molecule has 6 heteroatoms. The van der Waals surface area contributed by atoms with E-state index in [1.807, 2.05) is 4.90 Å². The minimum Gasteiger partial charge on any atom is -0.378 e. The molecule has 1 amide bonds. The summed E-state index contributed by atoms with van der Waals surface area (Å²) < 4.78 is 5.37. The van der Waals surface area contributed by atoms with Gasteiger partial charge in [0.15, 0.2) is 5.96 Å². The van der Waals surface area contributed by atoms with Gasteiger partial charge in [0.1, 0.15) is 0 Å². The van der Waals surface area contributed by atoms with Crippen LogP contribution in [0.2, 0.25) is 0 Å². The molecule has 1 aromatic carbocycles. The summed E-state index contributed by atoms with van der Waals surface area (Å²) in [6.45, 7) is 10.5. The summed E-state index contributed by atoms with van der Waals surface area (Å²) in [7, 11) is 0. The number of hydrogen-bond donors (Lipinski definition) is 1. The van der Waals surface area contributed by atoms with Crippen molar-refractivity contribution in [3.63, 3.8) is 0 Å². The minimum atomic E-state index is 0.143. The highest BCUT2D eigenvalue weighted by molar-refractivity contribution is 5.82. The predicted octanol–water partition coefficient (Wildman–Crippen LogP) is 2.33. The van der Waals surface area contributed by atoms with Crippen LogP contribution < -0.4 is 5.32 Å². The SMILES string of the molecule is CCNC(=NCCc1ccc(CC)cc1)N1CCC(C(=O)N2CCOCC2)CC1. The number of rotatable bonds is 6. The summed E-state index contributed by atoms with van der Waals surface area (Å²) in [5, 5.41) is 3.43. The van der Waals surface area contributed by atoms with Gasteiger partial charge in [-0.3, -0.25) is 9.79 Å². The van der Waals surface area contributed by atoms with Crippen molar-refractivity contribution in [3.05, 3.63) is 35.4 Å². The highest BCUT2D eigenvalue weighted by atomic mass is 16.5. The molecule has 0 aromatic heterocycles. The summed E-state index contributed by atoms with van der Waals surface area (Å²) in [5.74, 6) is 1.43. The van der Waals surface area contributed by atoms with Crippen LogP contribution in [0, 0.1) is 5.92 Å². The number of morpholine rings is 1. The molecule has 1 N–H and O–H groups in total. The summed E-state index contributed by atoms with van der Waals surface area (Å²) >= 11 is 0. The highest BCUT2D eigenvalue weighted by Crippen LogP contribution is 2.20. The van der Waals surface area contributed by atoms with Gasteiger partial charge in [-0.15, -0.1) is 0 Å². The number of aryl methyl sites for hydroxylation is 1. The van der Waals surface area contributed by atoms with Crippen LogP contribution in [0.3, 0.4) is 0 Å². The molecule has 2 aliphatic heterocycles. The number of piperidine rings is 1. The minimum absolute atomic E-state index is 0.143. The lowest BCUT2D eigenvalue weighted by molar-refractivity contribution is -0.140. The zero-order valence-corrected chi connectivity index (χ0v) is 18.0. The van der Waals surface area contributed by atoms with Crippen LogP contribution in [0.1, 0.15) is 37.8 Å². The largest absolute Gasteiger partial charge is 0.378 e. The molecule has 1 aromatic rings. The van der Waals surface area contributed by atoms with E-state index in [-0.39, 0.29) is 5.92 Å². The first-order valence-corrected chi connectivity index (χ1v) is 11.2. The number of nitrogens with zero attached hydrogens (tertiary/aromatic N) is 3. The molecule has 0 aliphatic carbocycles. The molecule has 0 bridgehead atoms. The zero-order chi connectivity index (χ0) is 20.5. The van der Waals surface area contributed by atoms with E-state index in [2.05, 4.69) is 48.3 Å². The number of ether oxygens (including phenoxy) is 1. The molecule has 3 rings (SSSR count). The Labute approximate surface area is 175 Å². The molecule has 2 heterocycles. The monoisotopic (exact) mass is 400 g/mol. The first-order chi connectivity index (χ1) is 14.2. The molecule has 2 aliphatic rings. The number of carbonyl (C=O) groups excluding carboxylic acids is 1. The number of guanidine groups is 1. The second kappa shape index (κ2) is 11.2. The molecule has 6 nitrogen and oxygen atoms in total. The normalized spacial score (nSPS) is 18.8. The highest BCUT2D eigenvalue weighted by Gasteiger charge is 2.30. The fourth-order valence-electron chi connectivity index (χ4n) is 4.04. The fourth-order valence-corrected chi connectivity index (χ4v) is 4.04. The number of nitrogens with one attached hydrogen (secondary N) is 1. The van der Waals surface area contributed by atoms with Gasteiger partial charge in [0, 0.05) is 45.2 Å². The summed E-state index contributed by atoms with van der Waals surface area (Å²) in [6, 6.07) is 8.84. The van der Waals surface area contributed by atoms with Crippen LogP contribution in [0.5, 0.6) is 0 Å². The maximum atomic E-state index is 12.7. The van der Waals surface area contributed by atoms with Gasteiger partial charge in [-0.25, -0.2) is 0 Å². The van der Waals surface area contributed by atoms with Crippen LogP contribution in [-0.4, -0.2) is 74.1 Å². The Morgan fingerprint density at radius 3 is 2.31 bits per heavy atom. The zero-order valence-electron chi connectivity index (χ0n) is 18.0. The van der Waals surface area contributed by atoms with Gasteiger partial charge >= 0.3 is 0 Å². The molecule has 2 saturated heterocycles. The third-order valence-corrected chi connectivity index (χ3v) is 5.89. The van der Waals surface area contributed by atoms with Crippen molar-refractivity contribution in [3.8, 4) is 0 Å². The smallest absolute Gasteiger partial charge is 0.225 e. The molecule has 0 spiro atoms. The van der Waals surface area contributed by atoms with E-state index < -0.39 is 0 Å². The Kier molecular flexibility index (Phi) is 8.35. The average molecular weight is 401 g/mol. The molecular weight excluding hydrogens is 364 g/mol. The van der Waals surface area contributed by atoms with Gasteiger partial charge in [-0.05, 0) is 43.7 Å². The Hall–Kier alpha value is -2.08. The van der Waals surface area contributed by atoms with Gasteiger partial charge in [0.05, 0.1) is 13.2 Å². The summed E-state index contributed by atoms with van der Waals surface area (Å²) in [4.78, 5) is 21.9. The third-order valence-electron chi connectivity index (χ3n) is 5.89. The second-order valence-electron chi connectivity index (χ2n) is 7.85. The maximum absolute atomic E-state index is 12.7. The lowest BCUT2D eigenvalue weighted by Crippen LogP contribution is -2.50. The molecule has 0 radical (unpaired) electrons. The van der Waals surface area contributed by atoms with E-state index >= 15 is 0 Å². The van der Waals surface area contributed by atoms with E-state index in [0.717, 1.165) is 70.9 Å². The molecule has 0 saturated carbocycles. The lowest BCUT2D eigenvalue weighted by atomic mass is 9.95. The third kappa shape index (κ3) is 6.20. The molecule has 29 heavy (non-hydrogen) atoms. The van der Waals surface area contributed by atoms with E-state index in [0.29, 0.717) is 19.1 Å². The fraction of sp³-hybridized carbons (Fsp3) is 0.652. The molecule has 2 fully saturated rings. The van der Waals surface area contributed by atoms with Crippen molar-refractivity contribution in [2.75, 3.05) is 52.5 Å². The van der Waals surface area contributed by atoms with Crippen LogP contribution in [-0.2, 0) is 22.4 Å². The lowest BCUT2D eigenvalue weighted by Gasteiger charge is -2.36. The number of benzene rings is 1. The molecule has 160 valence electrons. The van der Waals surface area contributed by atoms with Crippen molar-refractivity contribution < 1.29 is 9.53 Å².